The van der Waals surface area contributed by atoms with E-state index in [1.165, 1.54) is 0 Å². The molecule has 0 aliphatic rings. The van der Waals surface area contributed by atoms with Gasteiger partial charge in [-0.3, -0.25) is 0 Å². The normalized spacial score (nSPS) is 13.7. The lowest BCUT2D eigenvalue weighted by atomic mass is 9.78. The minimum Gasteiger partial charge on any atom is -0.166 e. The molecule has 154 valence electrons. The van der Waals surface area contributed by atoms with Crippen molar-refractivity contribution >= 4 is 0 Å². The maximum absolute atomic E-state index is 13.2. The Morgan fingerprint density at radius 3 is 0.929 bits per heavy atom. The van der Waals surface area contributed by atoms with E-state index in [0.29, 0.717) is 5.56 Å². The van der Waals surface area contributed by atoms with Crippen molar-refractivity contribution < 1.29 is 26.3 Å². The zero-order valence-corrected chi connectivity index (χ0v) is 16.7. The van der Waals surface area contributed by atoms with Crippen LogP contribution in [0.4, 0.5) is 26.3 Å². The van der Waals surface area contributed by atoms with Gasteiger partial charge in [0.15, 0.2) is 0 Å². The van der Waals surface area contributed by atoms with Gasteiger partial charge in [0, 0.05) is 0 Å². The zero-order chi connectivity index (χ0) is 21.7. The highest BCUT2D eigenvalue weighted by molar-refractivity contribution is 5.68. The molecule has 0 radical (unpaired) electrons. The van der Waals surface area contributed by atoms with Gasteiger partial charge in [-0.2, -0.15) is 26.3 Å². The van der Waals surface area contributed by atoms with Crippen LogP contribution in [0.1, 0.15) is 63.8 Å². The number of benzene rings is 2. The molecule has 28 heavy (non-hydrogen) atoms. The summed E-state index contributed by atoms with van der Waals surface area (Å²) in [5, 5.41) is 0. The van der Waals surface area contributed by atoms with Crippen LogP contribution in [0.15, 0.2) is 36.4 Å². The summed E-state index contributed by atoms with van der Waals surface area (Å²) in [6.45, 7) is 11.7. The summed E-state index contributed by atoms with van der Waals surface area (Å²) in [7, 11) is 0. The maximum atomic E-state index is 13.2. The summed E-state index contributed by atoms with van der Waals surface area (Å²) in [5.74, 6) is 0. The smallest absolute Gasteiger partial charge is 0.166 e. The average molecular weight is 402 g/mol. The molecule has 6 heteroatoms. The molecule has 0 bridgehead atoms. The Bertz CT molecular complexity index is 721. The Morgan fingerprint density at radius 2 is 0.679 bits per heavy atom. The van der Waals surface area contributed by atoms with Crippen molar-refractivity contribution in [3.8, 4) is 11.1 Å². The monoisotopic (exact) mass is 402 g/mol. The third-order valence-corrected chi connectivity index (χ3v) is 4.59. The first-order valence-electron chi connectivity index (χ1n) is 8.85. The first-order chi connectivity index (χ1) is 12.4. The largest absolute Gasteiger partial charge is 0.416 e. The second-order valence-corrected chi connectivity index (χ2v) is 9.09. The molecule has 0 N–H and O–H groups in total. The van der Waals surface area contributed by atoms with Crippen LogP contribution >= 0.6 is 0 Å². The van der Waals surface area contributed by atoms with Crippen molar-refractivity contribution in [1.82, 2.24) is 0 Å². The van der Waals surface area contributed by atoms with Crippen molar-refractivity contribution in [3.63, 3.8) is 0 Å². The van der Waals surface area contributed by atoms with E-state index in [1.807, 2.05) is 47.6 Å². The van der Waals surface area contributed by atoms with E-state index in [4.69, 9.17) is 0 Å². The van der Waals surface area contributed by atoms with E-state index in [9.17, 15) is 26.3 Å². The van der Waals surface area contributed by atoms with E-state index < -0.39 is 23.5 Å². The molecule has 0 aromatic heterocycles. The third-order valence-electron chi connectivity index (χ3n) is 4.59. The Labute approximate surface area is 161 Å². The lowest BCUT2D eigenvalue weighted by molar-refractivity contribution is -0.143. The van der Waals surface area contributed by atoms with Crippen molar-refractivity contribution in [2.24, 2.45) is 0 Å². The molecule has 2 aromatic rings. The van der Waals surface area contributed by atoms with E-state index in [1.54, 1.807) is 12.1 Å². The van der Waals surface area contributed by atoms with Crippen molar-refractivity contribution in [1.29, 1.82) is 0 Å². The van der Waals surface area contributed by atoms with Crippen molar-refractivity contribution in [2.45, 2.75) is 64.7 Å². The standard InChI is InChI=1S/C22H24F6/c1-19(2,3)15-7-13(8-16(11-15)20(4,5)6)14-9-17(21(23,24)25)12-18(10-14)22(26,27)28/h7-12H,1-6H3. The van der Waals surface area contributed by atoms with E-state index >= 15 is 0 Å². The second kappa shape index (κ2) is 6.82. The highest BCUT2D eigenvalue weighted by Crippen LogP contribution is 2.40. The Balaban J connectivity index is 2.83. The fraction of sp³-hybridized carbons (Fsp3) is 0.455. The summed E-state index contributed by atoms with van der Waals surface area (Å²) in [6, 6.07) is 7.02. The quantitative estimate of drug-likeness (QED) is 0.424. The van der Waals surface area contributed by atoms with Gasteiger partial charge in [0.1, 0.15) is 0 Å². The topological polar surface area (TPSA) is 0 Å². The molecule has 0 aliphatic carbocycles. The Kier molecular flexibility index (Phi) is 5.43. The summed E-state index contributed by atoms with van der Waals surface area (Å²) >= 11 is 0. The Hall–Kier alpha value is -1.98. The van der Waals surface area contributed by atoms with Gasteiger partial charge in [0.2, 0.25) is 0 Å². The molecular formula is C22H24F6. The van der Waals surface area contributed by atoms with E-state index in [-0.39, 0.29) is 22.5 Å². The molecular weight excluding hydrogens is 378 g/mol. The molecule has 0 atom stereocenters. The van der Waals surface area contributed by atoms with E-state index in [0.717, 1.165) is 23.3 Å². The highest BCUT2D eigenvalue weighted by Gasteiger charge is 2.37. The summed E-state index contributed by atoms with van der Waals surface area (Å²) in [5.41, 5.74) is -1.31. The minimum atomic E-state index is -4.87. The second-order valence-electron chi connectivity index (χ2n) is 9.09. The first kappa shape index (κ1) is 22.3. The van der Waals surface area contributed by atoms with E-state index in [2.05, 4.69) is 0 Å². The molecule has 0 aliphatic heterocycles. The molecule has 0 saturated heterocycles. The fourth-order valence-corrected chi connectivity index (χ4v) is 2.78. The Morgan fingerprint density at radius 1 is 0.429 bits per heavy atom. The number of hydrogen-bond donors (Lipinski definition) is 0. The van der Waals surface area contributed by atoms with Crippen molar-refractivity contribution in [3.05, 3.63) is 58.7 Å². The van der Waals surface area contributed by atoms with Crippen LogP contribution in [0.3, 0.4) is 0 Å². The molecule has 2 rings (SSSR count). The SMILES string of the molecule is CC(C)(C)c1cc(-c2cc(C(F)(F)F)cc(C(F)(F)F)c2)cc(C(C)(C)C)c1. The fourth-order valence-electron chi connectivity index (χ4n) is 2.78. The number of hydrogen-bond acceptors (Lipinski definition) is 0. The summed E-state index contributed by atoms with van der Waals surface area (Å²) in [6.07, 6.45) is -9.74. The summed E-state index contributed by atoms with van der Waals surface area (Å²) in [4.78, 5) is 0. The molecule has 0 fully saturated rings. The number of alkyl halides is 6. The van der Waals surface area contributed by atoms with Gasteiger partial charge in [-0.25, -0.2) is 0 Å². The first-order valence-corrected chi connectivity index (χ1v) is 8.85. The van der Waals surface area contributed by atoms with Gasteiger partial charge in [-0.1, -0.05) is 59.7 Å². The molecule has 0 spiro atoms. The highest BCUT2D eigenvalue weighted by atomic mass is 19.4. The van der Waals surface area contributed by atoms with Crippen LogP contribution in [-0.4, -0.2) is 0 Å². The molecule has 0 unspecified atom stereocenters. The van der Waals surface area contributed by atoms with Crippen LogP contribution in [0.5, 0.6) is 0 Å². The van der Waals surface area contributed by atoms with Crippen LogP contribution in [0, 0.1) is 0 Å². The van der Waals surface area contributed by atoms with Gasteiger partial charge < -0.3 is 0 Å². The van der Waals surface area contributed by atoms with Gasteiger partial charge in [-0.05, 0) is 51.3 Å². The lowest BCUT2D eigenvalue weighted by Crippen LogP contribution is -2.16. The van der Waals surface area contributed by atoms with Gasteiger partial charge in [0.05, 0.1) is 11.1 Å². The third kappa shape index (κ3) is 5.09. The van der Waals surface area contributed by atoms with Gasteiger partial charge in [0.25, 0.3) is 0 Å². The van der Waals surface area contributed by atoms with Crippen LogP contribution in [0.25, 0.3) is 11.1 Å². The molecule has 0 amide bonds. The van der Waals surface area contributed by atoms with Crippen LogP contribution in [-0.2, 0) is 23.2 Å². The lowest BCUT2D eigenvalue weighted by Gasteiger charge is -2.26. The van der Waals surface area contributed by atoms with Crippen LogP contribution < -0.4 is 0 Å². The molecule has 0 nitrogen and oxygen atoms in total. The number of rotatable bonds is 1. The predicted octanol–water partition coefficient (Wildman–Crippen LogP) is 7.99. The predicted molar refractivity (Wildman–Crippen MR) is 99.3 cm³/mol. The van der Waals surface area contributed by atoms with Gasteiger partial charge >= 0.3 is 12.4 Å². The van der Waals surface area contributed by atoms with Crippen LogP contribution in [0.2, 0.25) is 0 Å². The molecule has 0 heterocycles. The maximum Gasteiger partial charge on any atom is 0.416 e. The average Bonchev–Trinajstić information content (AvgIpc) is 2.50. The van der Waals surface area contributed by atoms with Crippen molar-refractivity contribution in [2.75, 3.05) is 0 Å². The number of halogens is 6. The van der Waals surface area contributed by atoms with Gasteiger partial charge in [-0.15, -0.1) is 0 Å². The molecule has 0 saturated carbocycles. The summed E-state index contributed by atoms with van der Waals surface area (Å²) < 4.78 is 79.3. The minimum absolute atomic E-state index is 0.0984. The molecule has 2 aromatic carbocycles. The zero-order valence-electron chi connectivity index (χ0n) is 16.7.